The number of rotatable bonds is 6. The zero-order valence-electron chi connectivity index (χ0n) is 31.7. The Kier molecular flexibility index (Phi) is 10.9. The molecule has 10 rings (SSSR count). The molecule has 6 aromatic rings. The summed E-state index contributed by atoms with van der Waals surface area (Å²) in [5.41, 5.74) is 13.5. The van der Waals surface area contributed by atoms with Crippen LogP contribution in [0.2, 0.25) is 0 Å². The number of nitrogens with one attached hydrogen (secondary N) is 1. The van der Waals surface area contributed by atoms with Gasteiger partial charge in [0.1, 0.15) is 11.5 Å². The Hall–Kier alpha value is -5.82. The van der Waals surface area contributed by atoms with E-state index in [2.05, 4.69) is 37.4 Å². The van der Waals surface area contributed by atoms with Crippen molar-refractivity contribution in [3.63, 3.8) is 0 Å². The van der Waals surface area contributed by atoms with Crippen LogP contribution in [-0.2, 0) is 76.0 Å². The van der Waals surface area contributed by atoms with E-state index < -0.39 is 31.5 Å². The van der Waals surface area contributed by atoms with E-state index in [-0.39, 0.29) is 10.1 Å². The number of sulfone groups is 1. The van der Waals surface area contributed by atoms with Gasteiger partial charge in [-0.05, 0) is 146 Å². The van der Waals surface area contributed by atoms with Crippen molar-refractivity contribution in [1.29, 1.82) is 5.26 Å². The monoisotopic (exact) mass is 815 g/mol. The molecule has 0 radical (unpaired) electrons. The van der Waals surface area contributed by atoms with E-state index in [1.807, 2.05) is 12.3 Å². The van der Waals surface area contributed by atoms with Crippen molar-refractivity contribution in [3.8, 4) is 12.0 Å². The molecule has 4 aliphatic carbocycles. The minimum Gasteiger partial charge on any atom is -0.387 e. The zero-order chi connectivity index (χ0) is 40.4. The number of amides is 1. The average molecular weight is 816 g/mol. The third-order valence-electron chi connectivity index (χ3n) is 11.1. The summed E-state index contributed by atoms with van der Waals surface area (Å²) in [4.78, 5) is 28.9. The van der Waals surface area contributed by atoms with Crippen molar-refractivity contribution in [1.82, 2.24) is 19.9 Å². The van der Waals surface area contributed by atoms with Crippen LogP contribution in [0, 0.1) is 11.5 Å². The molecular weight excluding hydrogens is 775 g/mol. The number of sulfonamides is 1. The summed E-state index contributed by atoms with van der Waals surface area (Å²) in [5.74, 6) is -0.257. The number of para-hydroxylation sites is 4. The lowest BCUT2D eigenvalue weighted by Crippen LogP contribution is -2.25. The first kappa shape index (κ1) is 39.0. The van der Waals surface area contributed by atoms with Crippen LogP contribution in [0.5, 0.6) is 5.75 Å². The molecule has 15 heteroatoms. The van der Waals surface area contributed by atoms with Crippen LogP contribution in [-0.4, -0.2) is 48.4 Å². The third kappa shape index (κ3) is 8.13. The van der Waals surface area contributed by atoms with Crippen molar-refractivity contribution in [2.45, 2.75) is 87.1 Å². The molecule has 0 unspecified atom stereocenters. The number of carbonyl (C=O) groups excluding carboxylic acids is 1. The number of carbonyl (C=O) groups is 1. The Balaban J connectivity index is 0.000000135. The van der Waals surface area contributed by atoms with Crippen LogP contribution in [0.4, 0.5) is 5.69 Å². The number of nitrogens with two attached hydrogens (primary N) is 1. The van der Waals surface area contributed by atoms with E-state index in [4.69, 9.17) is 15.1 Å². The number of benzene rings is 4. The molecular formula is C43H41N7O6S2. The Morgan fingerprint density at radius 3 is 1.57 bits per heavy atom. The van der Waals surface area contributed by atoms with Crippen molar-refractivity contribution >= 4 is 53.5 Å². The van der Waals surface area contributed by atoms with Crippen LogP contribution in [0.3, 0.4) is 0 Å². The fourth-order valence-corrected chi connectivity index (χ4v) is 9.93. The number of aromatic nitrogens is 4. The second-order valence-corrected chi connectivity index (χ2v) is 18.3. The van der Waals surface area contributed by atoms with Crippen LogP contribution in [0.25, 0.3) is 22.1 Å². The van der Waals surface area contributed by atoms with E-state index >= 15 is 0 Å². The molecule has 13 nitrogen and oxygen atoms in total. The maximum absolute atomic E-state index is 12.8. The molecule has 4 aromatic carbocycles. The molecule has 0 aliphatic heterocycles. The number of fused-ring (bicyclic) bond motifs is 6. The highest BCUT2D eigenvalue weighted by atomic mass is 32.2. The molecule has 296 valence electrons. The second kappa shape index (κ2) is 16.2. The highest BCUT2D eigenvalue weighted by molar-refractivity contribution is 7.92. The van der Waals surface area contributed by atoms with Gasteiger partial charge in [-0.1, -0.05) is 36.4 Å². The molecule has 0 fully saturated rings. The number of hydrogen-bond acceptors (Lipinski definition) is 11. The normalized spacial score (nSPS) is 14.9. The molecule has 0 atom stereocenters. The minimum absolute atomic E-state index is 0.171. The topological polar surface area (TPSA) is 208 Å². The van der Waals surface area contributed by atoms with Gasteiger partial charge in [0.25, 0.3) is 16.3 Å². The van der Waals surface area contributed by atoms with Gasteiger partial charge < -0.3 is 10.1 Å². The van der Waals surface area contributed by atoms with Gasteiger partial charge in [-0.25, -0.2) is 31.9 Å². The maximum Gasteiger partial charge on any atom is 0.292 e. The first-order chi connectivity index (χ1) is 28.0. The standard InChI is InChI=1S/C22H21N3O3S.C13H13NO.C8H7N3O2S/c26-20(13-29(27,28)21-12-23-18-9-1-2-10-19(18)24-21)25-22-16-7-3-5-14(16)11-15-6-4-8-17(15)22;14-8-15-13-11-5-1-3-9(11)7-10-4-2-6-12(10)13;9-14(12,13)8-5-10-6-3-1-2-4-7(6)11-8/h1-2,9-12H,3-8,13H2,(H,25,26);7H,1-6H2;1-5H,(H2,9,12,13). The molecule has 4 aliphatic rings. The van der Waals surface area contributed by atoms with Crippen molar-refractivity contribution < 1.29 is 26.4 Å². The summed E-state index contributed by atoms with van der Waals surface area (Å²) < 4.78 is 52.7. The quantitative estimate of drug-likeness (QED) is 0.192. The van der Waals surface area contributed by atoms with Crippen LogP contribution >= 0.6 is 0 Å². The number of anilines is 1. The lowest BCUT2D eigenvalue weighted by Gasteiger charge is -2.16. The predicted octanol–water partition coefficient (Wildman–Crippen LogP) is 5.82. The number of primary sulfonamides is 1. The highest BCUT2D eigenvalue weighted by Gasteiger charge is 2.28. The Labute approximate surface area is 336 Å². The molecule has 2 aromatic heterocycles. The van der Waals surface area contributed by atoms with Gasteiger partial charge in [-0.3, -0.25) is 14.8 Å². The van der Waals surface area contributed by atoms with E-state index in [0.717, 1.165) is 81.8 Å². The molecule has 0 bridgehead atoms. The van der Waals surface area contributed by atoms with E-state index in [0.29, 0.717) is 22.1 Å². The summed E-state index contributed by atoms with van der Waals surface area (Å²) in [6.45, 7) is 0. The Bertz CT molecular complexity index is 2810. The van der Waals surface area contributed by atoms with Crippen LogP contribution < -0.4 is 15.2 Å². The Morgan fingerprint density at radius 2 is 1.09 bits per heavy atom. The fourth-order valence-electron chi connectivity index (χ4n) is 8.49. The third-order valence-corrected chi connectivity index (χ3v) is 13.3. The van der Waals surface area contributed by atoms with Gasteiger partial charge in [0, 0.05) is 5.69 Å². The minimum atomic E-state index is -3.88. The number of ether oxygens (including phenoxy) is 1. The maximum atomic E-state index is 12.8. The zero-order valence-corrected chi connectivity index (χ0v) is 33.3. The van der Waals surface area contributed by atoms with Crippen molar-refractivity contribution in [2.24, 2.45) is 5.14 Å². The number of nitriles is 1. The summed E-state index contributed by atoms with van der Waals surface area (Å²) in [7, 11) is -7.65. The Morgan fingerprint density at radius 1 is 0.655 bits per heavy atom. The molecule has 0 saturated carbocycles. The smallest absolute Gasteiger partial charge is 0.292 e. The molecule has 0 spiro atoms. The van der Waals surface area contributed by atoms with E-state index in [9.17, 15) is 21.6 Å². The largest absolute Gasteiger partial charge is 0.387 e. The second-order valence-electron chi connectivity index (χ2n) is 14.9. The van der Waals surface area contributed by atoms with Gasteiger partial charge in [-0.2, -0.15) is 0 Å². The number of nitrogens with zero attached hydrogens (tertiary/aromatic N) is 5. The summed E-state index contributed by atoms with van der Waals surface area (Å²) in [5, 5.41) is 16.2. The average Bonchev–Trinajstić information content (AvgIpc) is 4.05. The van der Waals surface area contributed by atoms with Gasteiger partial charge in [0.05, 0.1) is 34.5 Å². The van der Waals surface area contributed by atoms with E-state index in [1.165, 1.54) is 63.5 Å². The number of aryl methyl sites for hydroxylation is 4. The first-order valence-electron chi connectivity index (χ1n) is 19.4. The summed E-state index contributed by atoms with van der Waals surface area (Å²) in [6.07, 6.45) is 17.2. The van der Waals surface area contributed by atoms with Crippen molar-refractivity contribution in [3.05, 3.63) is 118 Å². The summed E-state index contributed by atoms with van der Waals surface area (Å²) >= 11 is 0. The molecule has 58 heavy (non-hydrogen) atoms. The van der Waals surface area contributed by atoms with Gasteiger partial charge in [0.15, 0.2) is 10.1 Å². The molecule has 3 N–H and O–H groups in total. The van der Waals surface area contributed by atoms with Gasteiger partial charge in [-0.15, -0.1) is 5.26 Å². The molecule has 0 saturated heterocycles. The van der Waals surface area contributed by atoms with Crippen molar-refractivity contribution in [2.75, 3.05) is 11.1 Å². The lowest BCUT2D eigenvalue weighted by atomic mass is 9.98. The SMILES string of the molecule is N#COc1c2c(cc3c1CCC3)CCC2.NS(=O)(=O)c1cnc2ccccc2n1.O=C(CS(=O)(=O)c1cnc2ccccc2n1)Nc1c2c(cc3c1CCC3)CCC2. The molecule has 1 amide bonds. The van der Waals surface area contributed by atoms with Gasteiger partial charge >= 0.3 is 0 Å². The lowest BCUT2D eigenvalue weighted by molar-refractivity contribution is -0.113. The van der Waals surface area contributed by atoms with Crippen LogP contribution in [0.1, 0.15) is 70.2 Å². The number of hydrogen-bond donors (Lipinski definition) is 2. The molecule has 2 heterocycles. The summed E-state index contributed by atoms with van der Waals surface area (Å²) in [6, 6.07) is 18.7. The predicted molar refractivity (Wildman–Crippen MR) is 218 cm³/mol. The fraction of sp³-hybridized carbons (Fsp3) is 0.302. The van der Waals surface area contributed by atoms with Gasteiger partial charge in [0.2, 0.25) is 15.7 Å². The van der Waals surface area contributed by atoms with E-state index in [1.54, 1.807) is 42.5 Å². The highest BCUT2D eigenvalue weighted by Crippen LogP contribution is 2.40. The van der Waals surface area contributed by atoms with Crippen LogP contribution in [0.15, 0.2) is 83.1 Å². The first-order valence-corrected chi connectivity index (χ1v) is 22.6.